The first-order valence-electron chi connectivity index (χ1n) is 5.01. The molecule has 1 aromatic heterocycles. The summed E-state index contributed by atoms with van der Waals surface area (Å²) in [6.45, 7) is 0.0414. The molecule has 0 radical (unpaired) electrons. The molecule has 18 heavy (non-hydrogen) atoms. The largest absolute Gasteiger partial charge is 0.382 e. The second-order valence-electron chi connectivity index (χ2n) is 3.51. The van der Waals surface area contributed by atoms with Crippen LogP contribution >= 0.6 is 11.6 Å². The first-order valence-corrected chi connectivity index (χ1v) is 5.39. The Hall–Kier alpha value is -1.95. The molecule has 7 heteroatoms. The van der Waals surface area contributed by atoms with Gasteiger partial charge in [-0.15, -0.1) is 0 Å². The van der Waals surface area contributed by atoms with Crippen molar-refractivity contribution in [2.45, 2.75) is 6.54 Å². The van der Waals surface area contributed by atoms with Gasteiger partial charge in [0, 0.05) is 12.1 Å². The molecule has 0 saturated heterocycles. The topological polar surface area (TPSA) is 63.8 Å². The minimum absolute atomic E-state index is 0.0414. The van der Waals surface area contributed by atoms with Crippen molar-refractivity contribution in [1.29, 1.82) is 0 Å². The maximum atomic E-state index is 13.4. The molecule has 94 valence electrons. The van der Waals surface area contributed by atoms with Gasteiger partial charge in [0.25, 0.3) is 0 Å². The van der Waals surface area contributed by atoms with E-state index in [4.69, 9.17) is 17.3 Å². The smallest absolute Gasteiger partial charge is 0.150 e. The van der Waals surface area contributed by atoms with Crippen LogP contribution in [-0.2, 0) is 6.54 Å². The fraction of sp³-hybridized carbons (Fsp3) is 0.0909. The number of anilines is 2. The fourth-order valence-corrected chi connectivity index (χ4v) is 1.53. The Labute approximate surface area is 107 Å². The highest BCUT2D eigenvalue weighted by Crippen LogP contribution is 2.23. The van der Waals surface area contributed by atoms with Crippen LogP contribution in [-0.4, -0.2) is 9.97 Å². The van der Waals surface area contributed by atoms with E-state index in [9.17, 15) is 8.78 Å². The van der Waals surface area contributed by atoms with Gasteiger partial charge in [0.05, 0.1) is 0 Å². The summed E-state index contributed by atoms with van der Waals surface area (Å²) < 4.78 is 26.3. The summed E-state index contributed by atoms with van der Waals surface area (Å²) in [7, 11) is 0. The van der Waals surface area contributed by atoms with Crippen molar-refractivity contribution >= 4 is 23.2 Å². The number of hydrogen-bond donors (Lipinski definition) is 2. The highest BCUT2D eigenvalue weighted by molar-refractivity contribution is 6.35. The Morgan fingerprint density at radius 1 is 1.28 bits per heavy atom. The van der Waals surface area contributed by atoms with Crippen LogP contribution in [0.2, 0.25) is 5.02 Å². The molecule has 0 aliphatic rings. The zero-order valence-electron chi connectivity index (χ0n) is 9.12. The third-order valence-corrected chi connectivity index (χ3v) is 2.64. The molecular weight excluding hydrogens is 262 g/mol. The van der Waals surface area contributed by atoms with E-state index in [-0.39, 0.29) is 28.8 Å². The molecule has 0 fully saturated rings. The average molecular weight is 271 g/mol. The van der Waals surface area contributed by atoms with Crippen LogP contribution in [0.25, 0.3) is 0 Å². The molecule has 0 bridgehead atoms. The molecule has 1 heterocycles. The van der Waals surface area contributed by atoms with Gasteiger partial charge in [-0.1, -0.05) is 11.6 Å². The first kappa shape index (κ1) is 12.5. The van der Waals surface area contributed by atoms with Gasteiger partial charge in [-0.05, 0) is 18.2 Å². The molecule has 0 aliphatic heterocycles. The van der Waals surface area contributed by atoms with Gasteiger partial charge in [0.2, 0.25) is 0 Å². The van der Waals surface area contributed by atoms with Crippen molar-refractivity contribution in [2.24, 2.45) is 0 Å². The second kappa shape index (κ2) is 5.14. The Morgan fingerprint density at radius 3 is 2.83 bits per heavy atom. The number of benzene rings is 1. The highest BCUT2D eigenvalue weighted by atomic mass is 35.5. The number of hydrogen-bond acceptors (Lipinski definition) is 4. The lowest BCUT2D eigenvalue weighted by molar-refractivity contribution is 0.587. The van der Waals surface area contributed by atoms with E-state index in [1.54, 1.807) is 0 Å². The quantitative estimate of drug-likeness (QED) is 0.900. The molecule has 0 aliphatic carbocycles. The van der Waals surface area contributed by atoms with E-state index in [0.717, 1.165) is 18.2 Å². The lowest BCUT2D eigenvalue weighted by Gasteiger charge is -2.08. The Kier molecular flexibility index (Phi) is 3.57. The summed E-state index contributed by atoms with van der Waals surface area (Å²) in [5.74, 6) is -0.634. The Bertz CT molecular complexity index is 575. The summed E-state index contributed by atoms with van der Waals surface area (Å²) in [6.07, 6.45) is 1.23. The van der Waals surface area contributed by atoms with Crippen molar-refractivity contribution in [3.8, 4) is 0 Å². The predicted octanol–water partition coefficient (Wildman–Crippen LogP) is 2.60. The lowest BCUT2D eigenvalue weighted by Crippen LogP contribution is -2.06. The van der Waals surface area contributed by atoms with Crippen LogP contribution in [0.4, 0.5) is 20.4 Å². The maximum Gasteiger partial charge on any atom is 0.150 e. The van der Waals surface area contributed by atoms with E-state index < -0.39 is 11.6 Å². The number of aromatic nitrogens is 2. The third-order valence-electron chi connectivity index (χ3n) is 2.27. The third kappa shape index (κ3) is 2.65. The second-order valence-corrected chi connectivity index (χ2v) is 3.89. The molecule has 1 aromatic carbocycles. The highest BCUT2D eigenvalue weighted by Gasteiger charge is 2.08. The van der Waals surface area contributed by atoms with Gasteiger partial charge in [-0.3, -0.25) is 0 Å². The van der Waals surface area contributed by atoms with Crippen molar-refractivity contribution in [1.82, 2.24) is 9.97 Å². The van der Waals surface area contributed by atoms with Crippen molar-refractivity contribution in [3.05, 3.63) is 46.7 Å². The molecule has 2 rings (SSSR count). The van der Waals surface area contributed by atoms with Crippen LogP contribution in [0.1, 0.15) is 5.56 Å². The molecule has 0 saturated carbocycles. The molecule has 2 aromatic rings. The van der Waals surface area contributed by atoms with Crippen molar-refractivity contribution in [3.63, 3.8) is 0 Å². The number of nitrogens with two attached hydrogens (primary N) is 1. The maximum absolute atomic E-state index is 13.4. The van der Waals surface area contributed by atoms with Gasteiger partial charge in [-0.25, -0.2) is 18.7 Å². The molecule has 4 nitrogen and oxygen atoms in total. The molecular formula is C11H9ClF2N4. The van der Waals surface area contributed by atoms with Crippen molar-refractivity contribution < 1.29 is 8.78 Å². The van der Waals surface area contributed by atoms with Crippen LogP contribution in [0, 0.1) is 11.6 Å². The molecule has 0 unspecified atom stereocenters. The standard InChI is InChI=1S/C11H9ClF2N4/c12-9-10(15)17-5-18-11(9)16-4-6-3-7(13)1-2-8(6)14/h1-3,5H,4H2,(H3,15,16,17,18). The monoisotopic (exact) mass is 270 g/mol. The lowest BCUT2D eigenvalue weighted by atomic mass is 10.2. The first-order chi connectivity index (χ1) is 8.58. The normalized spacial score (nSPS) is 10.4. The van der Waals surface area contributed by atoms with E-state index in [2.05, 4.69) is 15.3 Å². The van der Waals surface area contributed by atoms with E-state index in [1.165, 1.54) is 6.33 Å². The number of nitrogens with zero attached hydrogens (tertiary/aromatic N) is 2. The average Bonchev–Trinajstić information content (AvgIpc) is 2.35. The van der Waals surface area contributed by atoms with E-state index in [0.29, 0.717) is 0 Å². The van der Waals surface area contributed by atoms with Crippen LogP contribution < -0.4 is 11.1 Å². The van der Waals surface area contributed by atoms with E-state index >= 15 is 0 Å². The van der Waals surface area contributed by atoms with E-state index in [1.807, 2.05) is 0 Å². The molecule has 0 atom stereocenters. The molecule has 0 amide bonds. The zero-order valence-corrected chi connectivity index (χ0v) is 9.88. The summed E-state index contributed by atoms with van der Waals surface area (Å²) in [6, 6.07) is 3.21. The predicted molar refractivity (Wildman–Crippen MR) is 65.1 cm³/mol. The number of nitrogens with one attached hydrogen (secondary N) is 1. The van der Waals surface area contributed by atoms with Gasteiger partial charge in [0.15, 0.2) is 5.82 Å². The van der Waals surface area contributed by atoms with Crippen molar-refractivity contribution in [2.75, 3.05) is 11.1 Å². The summed E-state index contributed by atoms with van der Waals surface area (Å²) in [5, 5.41) is 2.92. The summed E-state index contributed by atoms with van der Waals surface area (Å²) in [4.78, 5) is 7.54. The summed E-state index contributed by atoms with van der Waals surface area (Å²) in [5.41, 5.74) is 5.66. The number of halogens is 3. The summed E-state index contributed by atoms with van der Waals surface area (Å²) >= 11 is 5.85. The van der Waals surface area contributed by atoms with Gasteiger partial charge in [0.1, 0.15) is 28.8 Å². The van der Waals surface area contributed by atoms with Gasteiger partial charge >= 0.3 is 0 Å². The number of rotatable bonds is 3. The SMILES string of the molecule is Nc1ncnc(NCc2cc(F)ccc2F)c1Cl. The van der Waals surface area contributed by atoms with Crippen LogP contribution in [0.3, 0.4) is 0 Å². The van der Waals surface area contributed by atoms with Crippen LogP contribution in [0.5, 0.6) is 0 Å². The fourth-order valence-electron chi connectivity index (χ4n) is 1.36. The minimum Gasteiger partial charge on any atom is -0.382 e. The Balaban J connectivity index is 2.16. The van der Waals surface area contributed by atoms with Crippen LogP contribution in [0.15, 0.2) is 24.5 Å². The number of nitrogen functional groups attached to an aromatic ring is 1. The molecule has 3 N–H and O–H groups in total. The minimum atomic E-state index is -0.513. The molecule has 0 spiro atoms. The Morgan fingerprint density at radius 2 is 2.06 bits per heavy atom. The van der Waals surface area contributed by atoms with Gasteiger partial charge in [-0.2, -0.15) is 0 Å². The van der Waals surface area contributed by atoms with Gasteiger partial charge < -0.3 is 11.1 Å². The zero-order chi connectivity index (χ0) is 13.1.